The zero-order chi connectivity index (χ0) is 16.8. The van der Waals surface area contributed by atoms with Crippen LogP contribution in [-0.2, 0) is 0 Å². The molecule has 24 heavy (non-hydrogen) atoms. The van der Waals surface area contributed by atoms with Crippen molar-refractivity contribution in [1.29, 1.82) is 0 Å². The maximum Gasteiger partial charge on any atom is 0.121 e. The highest BCUT2D eigenvalue weighted by Gasteiger charge is 1.99. The van der Waals surface area contributed by atoms with Gasteiger partial charge in [0.05, 0.1) is 6.61 Å². The zero-order valence-corrected chi connectivity index (χ0v) is 13.5. The molecule has 0 heterocycles. The molecule has 0 aliphatic rings. The molecular formula is C20H20N2O2. The van der Waals surface area contributed by atoms with Gasteiger partial charge in [-0.05, 0) is 55.5 Å². The molecule has 0 saturated carbocycles. The fourth-order valence-electron chi connectivity index (χ4n) is 2.38. The monoisotopic (exact) mass is 320 g/mol. The van der Waals surface area contributed by atoms with Gasteiger partial charge in [-0.3, -0.25) is 0 Å². The van der Waals surface area contributed by atoms with Gasteiger partial charge in [0.1, 0.15) is 11.5 Å². The van der Waals surface area contributed by atoms with Crippen molar-refractivity contribution in [2.75, 3.05) is 17.2 Å². The summed E-state index contributed by atoms with van der Waals surface area (Å²) >= 11 is 0. The minimum absolute atomic E-state index is 0.243. The Morgan fingerprint density at radius 1 is 0.750 bits per heavy atom. The highest BCUT2D eigenvalue weighted by Crippen LogP contribution is 2.25. The summed E-state index contributed by atoms with van der Waals surface area (Å²) in [5, 5.41) is 16.1. The summed E-state index contributed by atoms with van der Waals surface area (Å²) in [4.78, 5) is 0. The molecule has 0 aliphatic heterocycles. The summed E-state index contributed by atoms with van der Waals surface area (Å²) in [6, 6.07) is 22.9. The molecule has 3 aromatic rings. The molecule has 122 valence electrons. The maximum absolute atomic E-state index is 9.50. The molecule has 4 nitrogen and oxygen atoms in total. The lowest BCUT2D eigenvalue weighted by Gasteiger charge is -2.11. The molecule has 0 spiro atoms. The Kier molecular flexibility index (Phi) is 4.87. The Bertz CT molecular complexity index is 801. The number of rotatable bonds is 6. The van der Waals surface area contributed by atoms with Gasteiger partial charge in [0.25, 0.3) is 0 Å². The SMILES string of the molecule is CCOc1cccc(Nc2ccc(Nc3cccc(O)c3)cc2)c1. The minimum Gasteiger partial charge on any atom is -0.508 e. The van der Waals surface area contributed by atoms with Gasteiger partial charge in [-0.2, -0.15) is 0 Å². The lowest BCUT2D eigenvalue weighted by molar-refractivity contribution is 0.340. The molecule has 0 radical (unpaired) electrons. The van der Waals surface area contributed by atoms with Crippen LogP contribution in [-0.4, -0.2) is 11.7 Å². The van der Waals surface area contributed by atoms with Crippen LogP contribution in [0.1, 0.15) is 6.92 Å². The van der Waals surface area contributed by atoms with Crippen molar-refractivity contribution in [1.82, 2.24) is 0 Å². The number of anilines is 4. The molecule has 3 aromatic carbocycles. The number of aromatic hydroxyl groups is 1. The summed E-state index contributed by atoms with van der Waals surface area (Å²) in [5.41, 5.74) is 3.77. The van der Waals surface area contributed by atoms with Gasteiger partial charge in [0.2, 0.25) is 0 Å². The van der Waals surface area contributed by atoms with Gasteiger partial charge < -0.3 is 20.5 Å². The second-order valence-electron chi connectivity index (χ2n) is 5.34. The van der Waals surface area contributed by atoms with Crippen molar-refractivity contribution in [2.24, 2.45) is 0 Å². The van der Waals surface area contributed by atoms with Gasteiger partial charge in [-0.1, -0.05) is 12.1 Å². The standard InChI is InChI=1S/C20H20N2O2/c1-2-24-20-8-4-6-18(14-20)22-16-11-9-15(10-12-16)21-17-5-3-7-19(23)13-17/h3-14,21-23H,2H2,1H3. The van der Waals surface area contributed by atoms with Crippen LogP contribution in [0.3, 0.4) is 0 Å². The molecule has 0 unspecified atom stereocenters. The number of phenols is 1. The molecule has 0 aliphatic carbocycles. The highest BCUT2D eigenvalue weighted by atomic mass is 16.5. The molecule has 3 N–H and O–H groups in total. The van der Waals surface area contributed by atoms with Crippen LogP contribution in [0.15, 0.2) is 72.8 Å². The minimum atomic E-state index is 0.243. The van der Waals surface area contributed by atoms with Crippen LogP contribution in [0, 0.1) is 0 Å². The first-order valence-electron chi connectivity index (χ1n) is 7.89. The lowest BCUT2D eigenvalue weighted by atomic mass is 10.2. The van der Waals surface area contributed by atoms with Gasteiger partial charge >= 0.3 is 0 Å². The smallest absolute Gasteiger partial charge is 0.121 e. The molecule has 4 heteroatoms. The van der Waals surface area contributed by atoms with Crippen molar-refractivity contribution in [3.63, 3.8) is 0 Å². The quantitative estimate of drug-likeness (QED) is 0.578. The molecule has 0 saturated heterocycles. The molecule has 0 fully saturated rings. The lowest BCUT2D eigenvalue weighted by Crippen LogP contribution is -1.94. The van der Waals surface area contributed by atoms with Crippen LogP contribution in [0.4, 0.5) is 22.7 Å². The normalized spacial score (nSPS) is 10.2. The first kappa shape index (κ1) is 15.7. The van der Waals surface area contributed by atoms with E-state index in [0.29, 0.717) is 6.61 Å². The molecule has 0 bridgehead atoms. The second kappa shape index (κ2) is 7.42. The summed E-state index contributed by atoms with van der Waals surface area (Å²) in [6.07, 6.45) is 0. The van der Waals surface area contributed by atoms with Crippen molar-refractivity contribution in [3.05, 3.63) is 72.8 Å². The number of nitrogens with one attached hydrogen (secondary N) is 2. The van der Waals surface area contributed by atoms with Crippen molar-refractivity contribution >= 4 is 22.7 Å². The Hall–Kier alpha value is -3.14. The van der Waals surface area contributed by atoms with Crippen molar-refractivity contribution in [3.8, 4) is 11.5 Å². The average Bonchev–Trinajstić information content (AvgIpc) is 2.57. The number of hydrogen-bond donors (Lipinski definition) is 3. The fourth-order valence-corrected chi connectivity index (χ4v) is 2.38. The first-order chi connectivity index (χ1) is 11.7. The van der Waals surface area contributed by atoms with Gasteiger partial charge in [0.15, 0.2) is 0 Å². The first-order valence-corrected chi connectivity index (χ1v) is 7.89. The summed E-state index contributed by atoms with van der Waals surface area (Å²) in [6.45, 7) is 2.62. The molecule has 0 aromatic heterocycles. The van der Waals surface area contributed by atoms with Gasteiger partial charge in [-0.15, -0.1) is 0 Å². The van der Waals surface area contributed by atoms with Crippen LogP contribution in [0.5, 0.6) is 11.5 Å². The summed E-state index contributed by atoms with van der Waals surface area (Å²) in [7, 11) is 0. The Morgan fingerprint density at radius 3 is 1.92 bits per heavy atom. The van der Waals surface area contributed by atoms with Crippen LogP contribution in [0.25, 0.3) is 0 Å². The largest absolute Gasteiger partial charge is 0.508 e. The second-order valence-corrected chi connectivity index (χ2v) is 5.34. The van der Waals surface area contributed by atoms with E-state index in [1.165, 1.54) is 0 Å². The molecule has 0 atom stereocenters. The third kappa shape index (κ3) is 4.20. The third-order valence-corrected chi connectivity index (χ3v) is 3.45. The number of ether oxygens (including phenoxy) is 1. The topological polar surface area (TPSA) is 53.5 Å². The van der Waals surface area contributed by atoms with Crippen molar-refractivity contribution < 1.29 is 9.84 Å². The van der Waals surface area contributed by atoms with Crippen LogP contribution >= 0.6 is 0 Å². The van der Waals surface area contributed by atoms with Gasteiger partial charge in [0, 0.05) is 34.9 Å². The van der Waals surface area contributed by atoms with E-state index in [0.717, 1.165) is 28.5 Å². The Morgan fingerprint density at radius 2 is 1.33 bits per heavy atom. The molecular weight excluding hydrogens is 300 g/mol. The highest BCUT2D eigenvalue weighted by molar-refractivity contribution is 5.67. The van der Waals surface area contributed by atoms with Gasteiger partial charge in [-0.25, -0.2) is 0 Å². The van der Waals surface area contributed by atoms with E-state index in [-0.39, 0.29) is 5.75 Å². The Balaban J connectivity index is 1.67. The van der Waals surface area contributed by atoms with E-state index >= 15 is 0 Å². The van der Waals surface area contributed by atoms with E-state index in [1.807, 2.05) is 61.5 Å². The zero-order valence-electron chi connectivity index (χ0n) is 13.5. The third-order valence-electron chi connectivity index (χ3n) is 3.45. The van der Waals surface area contributed by atoms with E-state index in [4.69, 9.17) is 4.74 Å². The van der Waals surface area contributed by atoms with Crippen LogP contribution < -0.4 is 15.4 Å². The van der Waals surface area contributed by atoms with E-state index < -0.39 is 0 Å². The van der Waals surface area contributed by atoms with Crippen LogP contribution in [0.2, 0.25) is 0 Å². The fraction of sp³-hybridized carbons (Fsp3) is 0.100. The van der Waals surface area contributed by atoms with E-state index in [9.17, 15) is 5.11 Å². The van der Waals surface area contributed by atoms with E-state index in [2.05, 4.69) is 10.6 Å². The number of hydrogen-bond acceptors (Lipinski definition) is 4. The molecule has 3 rings (SSSR count). The average molecular weight is 320 g/mol. The van der Waals surface area contributed by atoms with Crippen molar-refractivity contribution in [2.45, 2.75) is 6.92 Å². The maximum atomic E-state index is 9.50. The number of phenolic OH excluding ortho intramolecular Hbond substituents is 1. The summed E-state index contributed by atoms with van der Waals surface area (Å²) in [5.74, 6) is 1.09. The Labute approximate surface area is 141 Å². The molecule has 0 amide bonds. The van der Waals surface area contributed by atoms with E-state index in [1.54, 1.807) is 18.2 Å². The number of benzene rings is 3. The summed E-state index contributed by atoms with van der Waals surface area (Å²) < 4.78 is 5.51. The predicted octanol–water partition coefficient (Wildman–Crippen LogP) is 5.28. The predicted molar refractivity (Wildman–Crippen MR) is 98.7 cm³/mol.